The summed E-state index contributed by atoms with van der Waals surface area (Å²) in [6, 6.07) is 8.32. The third-order valence-corrected chi connectivity index (χ3v) is 3.76. The Morgan fingerprint density at radius 2 is 2.17 bits per heavy atom. The number of benzene rings is 1. The average Bonchev–Trinajstić information content (AvgIpc) is 2.67. The lowest BCUT2D eigenvalue weighted by Crippen LogP contribution is -2.40. The Labute approximate surface area is 105 Å². The van der Waals surface area contributed by atoms with Gasteiger partial charge in [-0.1, -0.05) is 18.2 Å². The molecule has 4 heteroatoms. The Kier molecular flexibility index (Phi) is 2.82. The summed E-state index contributed by atoms with van der Waals surface area (Å²) in [6.07, 6.45) is -1.43. The van der Waals surface area contributed by atoms with Crippen molar-refractivity contribution in [2.24, 2.45) is 0 Å². The van der Waals surface area contributed by atoms with E-state index in [4.69, 9.17) is 0 Å². The molecule has 1 N–H and O–H groups in total. The van der Waals surface area contributed by atoms with E-state index in [1.807, 2.05) is 30.0 Å². The highest BCUT2D eigenvalue weighted by molar-refractivity contribution is 5.84. The lowest BCUT2D eigenvalue weighted by atomic mass is 9.98. The first-order chi connectivity index (χ1) is 8.65. The first kappa shape index (κ1) is 11.7. The molecule has 0 bridgehead atoms. The first-order valence-corrected chi connectivity index (χ1v) is 6.26. The summed E-state index contributed by atoms with van der Waals surface area (Å²) in [4.78, 5) is 5.20. The van der Waals surface area contributed by atoms with Crippen molar-refractivity contribution >= 4 is 10.9 Å². The fourth-order valence-electron chi connectivity index (χ4n) is 2.83. The van der Waals surface area contributed by atoms with Crippen LogP contribution < -0.4 is 0 Å². The summed E-state index contributed by atoms with van der Waals surface area (Å²) in [5, 5.41) is 1.23. The molecule has 2 aromatic rings. The fraction of sp³-hybridized carbons (Fsp3) is 0.429. The van der Waals surface area contributed by atoms with Crippen molar-refractivity contribution in [3.05, 3.63) is 35.5 Å². The number of alkyl halides is 2. The summed E-state index contributed by atoms with van der Waals surface area (Å²) in [6.45, 7) is 2.47. The van der Waals surface area contributed by atoms with E-state index >= 15 is 0 Å². The molecule has 0 saturated carbocycles. The van der Waals surface area contributed by atoms with Gasteiger partial charge in [-0.15, -0.1) is 0 Å². The molecule has 0 unspecified atom stereocenters. The highest BCUT2D eigenvalue weighted by atomic mass is 19.3. The van der Waals surface area contributed by atoms with Gasteiger partial charge >= 0.3 is 0 Å². The molecule has 0 fully saturated rings. The third kappa shape index (κ3) is 1.90. The summed E-state index contributed by atoms with van der Waals surface area (Å²) in [5.41, 5.74) is 3.49. The number of halogens is 2. The Balaban J connectivity index is 1.97. The number of fused-ring (bicyclic) bond motifs is 3. The number of hydrogen-bond acceptors (Lipinski definition) is 1. The van der Waals surface area contributed by atoms with Crippen LogP contribution in [-0.4, -0.2) is 28.9 Å². The van der Waals surface area contributed by atoms with E-state index in [1.54, 1.807) is 0 Å². The summed E-state index contributed by atoms with van der Waals surface area (Å²) < 4.78 is 25.0. The van der Waals surface area contributed by atoms with Crippen LogP contribution in [-0.2, 0) is 13.0 Å². The lowest BCUT2D eigenvalue weighted by Gasteiger charge is -2.33. The molecule has 0 aliphatic carbocycles. The van der Waals surface area contributed by atoms with Crippen LogP contribution in [0.5, 0.6) is 0 Å². The van der Waals surface area contributed by atoms with E-state index in [1.165, 1.54) is 10.9 Å². The zero-order valence-corrected chi connectivity index (χ0v) is 10.3. The van der Waals surface area contributed by atoms with E-state index in [2.05, 4.69) is 11.1 Å². The molecule has 0 spiro atoms. The van der Waals surface area contributed by atoms with Crippen LogP contribution in [0.25, 0.3) is 10.9 Å². The summed E-state index contributed by atoms with van der Waals surface area (Å²) in [5.74, 6) is 0. The maximum absolute atomic E-state index is 12.5. The normalized spacial score (nSPS) is 20.6. The van der Waals surface area contributed by atoms with Crippen molar-refractivity contribution in [3.63, 3.8) is 0 Å². The van der Waals surface area contributed by atoms with Gasteiger partial charge in [-0.25, -0.2) is 8.78 Å². The second kappa shape index (κ2) is 4.35. The zero-order chi connectivity index (χ0) is 12.7. The third-order valence-electron chi connectivity index (χ3n) is 3.76. The molecular formula is C14H16F2N2. The van der Waals surface area contributed by atoms with Crippen molar-refractivity contribution in [3.8, 4) is 0 Å². The van der Waals surface area contributed by atoms with E-state index in [-0.39, 0.29) is 12.6 Å². The van der Waals surface area contributed by atoms with Gasteiger partial charge in [0.1, 0.15) is 0 Å². The Hall–Kier alpha value is -1.42. The molecule has 1 aromatic heterocycles. The van der Waals surface area contributed by atoms with E-state index < -0.39 is 6.43 Å². The van der Waals surface area contributed by atoms with Crippen LogP contribution in [0.1, 0.15) is 18.2 Å². The van der Waals surface area contributed by atoms with Gasteiger partial charge in [-0.2, -0.15) is 0 Å². The van der Waals surface area contributed by atoms with Gasteiger partial charge in [0, 0.05) is 29.2 Å². The standard InChI is InChI=1S/C14H16F2N2/c1-9-6-11-10-4-2-3-5-12(10)17-13(11)7-18(9)8-14(15)16/h2-5,9,14,17H,6-8H2,1H3/t9-/m0/s1. The minimum atomic E-state index is -2.27. The maximum atomic E-state index is 12.5. The molecule has 2 heterocycles. The van der Waals surface area contributed by atoms with Gasteiger partial charge < -0.3 is 4.98 Å². The lowest BCUT2D eigenvalue weighted by molar-refractivity contribution is 0.0597. The van der Waals surface area contributed by atoms with Crippen LogP contribution >= 0.6 is 0 Å². The number of nitrogens with one attached hydrogen (secondary N) is 1. The average molecular weight is 250 g/mol. The maximum Gasteiger partial charge on any atom is 0.251 e. The molecule has 1 aromatic carbocycles. The summed E-state index contributed by atoms with van der Waals surface area (Å²) >= 11 is 0. The predicted octanol–water partition coefficient (Wildman–Crippen LogP) is 3.18. The molecule has 1 aliphatic rings. The van der Waals surface area contributed by atoms with Crippen LogP contribution in [0.4, 0.5) is 8.78 Å². The number of nitrogens with zero attached hydrogens (tertiary/aromatic N) is 1. The van der Waals surface area contributed by atoms with Gasteiger partial charge in [-0.3, -0.25) is 4.90 Å². The number of hydrogen-bond donors (Lipinski definition) is 1. The molecule has 96 valence electrons. The summed E-state index contributed by atoms with van der Waals surface area (Å²) in [7, 11) is 0. The number of para-hydroxylation sites is 1. The van der Waals surface area contributed by atoms with Gasteiger partial charge in [0.2, 0.25) is 0 Å². The van der Waals surface area contributed by atoms with Crippen LogP contribution in [0.2, 0.25) is 0 Å². The highest BCUT2D eigenvalue weighted by Gasteiger charge is 2.27. The first-order valence-electron chi connectivity index (χ1n) is 6.26. The number of rotatable bonds is 2. The molecular weight excluding hydrogens is 234 g/mol. The zero-order valence-electron chi connectivity index (χ0n) is 10.3. The second-order valence-corrected chi connectivity index (χ2v) is 5.00. The molecule has 2 nitrogen and oxygen atoms in total. The van der Waals surface area contributed by atoms with Gasteiger partial charge in [0.25, 0.3) is 6.43 Å². The minimum absolute atomic E-state index is 0.143. The van der Waals surface area contributed by atoms with Crippen molar-refractivity contribution in [2.45, 2.75) is 32.4 Å². The molecule has 18 heavy (non-hydrogen) atoms. The van der Waals surface area contributed by atoms with E-state index in [9.17, 15) is 8.78 Å². The molecule has 0 amide bonds. The molecule has 1 atom stereocenters. The van der Waals surface area contributed by atoms with Crippen molar-refractivity contribution < 1.29 is 8.78 Å². The van der Waals surface area contributed by atoms with Gasteiger partial charge in [0.15, 0.2) is 0 Å². The number of aromatic amines is 1. The second-order valence-electron chi connectivity index (χ2n) is 5.00. The molecule has 3 rings (SSSR count). The highest BCUT2D eigenvalue weighted by Crippen LogP contribution is 2.30. The Morgan fingerprint density at radius 1 is 1.39 bits per heavy atom. The van der Waals surface area contributed by atoms with Crippen LogP contribution in [0.15, 0.2) is 24.3 Å². The predicted molar refractivity (Wildman–Crippen MR) is 67.9 cm³/mol. The smallest absolute Gasteiger partial charge is 0.251 e. The number of aromatic nitrogens is 1. The van der Waals surface area contributed by atoms with Crippen molar-refractivity contribution in [1.29, 1.82) is 0 Å². The van der Waals surface area contributed by atoms with Crippen molar-refractivity contribution in [2.75, 3.05) is 6.54 Å². The van der Waals surface area contributed by atoms with Crippen LogP contribution in [0, 0.1) is 0 Å². The van der Waals surface area contributed by atoms with E-state index in [0.717, 1.165) is 17.6 Å². The van der Waals surface area contributed by atoms with E-state index in [0.29, 0.717) is 6.54 Å². The Bertz CT molecular complexity index is 562. The largest absolute Gasteiger partial charge is 0.357 e. The van der Waals surface area contributed by atoms with Crippen LogP contribution in [0.3, 0.4) is 0 Å². The Morgan fingerprint density at radius 3 is 2.94 bits per heavy atom. The monoisotopic (exact) mass is 250 g/mol. The fourth-order valence-corrected chi connectivity index (χ4v) is 2.83. The van der Waals surface area contributed by atoms with Gasteiger partial charge in [0.05, 0.1) is 6.54 Å². The SMILES string of the molecule is C[C@H]1Cc2c([nH]c3ccccc23)CN1CC(F)F. The topological polar surface area (TPSA) is 19.0 Å². The molecule has 0 radical (unpaired) electrons. The number of H-pyrrole nitrogens is 1. The van der Waals surface area contributed by atoms with Crippen molar-refractivity contribution in [1.82, 2.24) is 9.88 Å². The quantitative estimate of drug-likeness (QED) is 0.867. The van der Waals surface area contributed by atoms with Gasteiger partial charge in [-0.05, 0) is 25.0 Å². The minimum Gasteiger partial charge on any atom is -0.357 e. The molecule has 0 saturated heterocycles. The molecule has 1 aliphatic heterocycles.